The quantitative estimate of drug-likeness (QED) is 0.318. The van der Waals surface area contributed by atoms with E-state index in [1.807, 2.05) is 29.6 Å². The van der Waals surface area contributed by atoms with E-state index in [1.165, 1.54) is 36.5 Å². The standard InChI is InChI=1S/C23H21F2N5O2S/c1-13(31)26-10-2-3-14-4-6-15(7-5-14)19-12-33-23(29-19)30-22(32)16-8-9-17-18(11-16)28-21(27-17)20(24)25/h4-9,11-12,20H,2-3,10H2,1H3,(H,26,31)(H,27,28)(H,29,30,32). The number of fused-ring (bicyclic) bond motifs is 1. The van der Waals surface area contributed by atoms with Gasteiger partial charge in [0.1, 0.15) is 0 Å². The van der Waals surface area contributed by atoms with Crippen LogP contribution in [0, 0.1) is 0 Å². The highest BCUT2D eigenvalue weighted by Gasteiger charge is 2.15. The van der Waals surface area contributed by atoms with E-state index in [4.69, 9.17) is 0 Å². The van der Waals surface area contributed by atoms with Crippen LogP contribution in [0.2, 0.25) is 0 Å². The molecular weight excluding hydrogens is 448 g/mol. The van der Waals surface area contributed by atoms with Gasteiger partial charge in [0.05, 0.1) is 16.7 Å². The van der Waals surface area contributed by atoms with Crippen molar-refractivity contribution in [3.05, 3.63) is 64.8 Å². The molecular formula is C23H21F2N5O2S. The minimum Gasteiger partial charge on any atom is -0.356 e. The van der Waals surface area contributed by atoms with Gasteiger partial charge in [-0.3, -0.25) is 14.9 Å². The molecule has 0 fully saturated rings. The van der Waals surface area contributed by atoms with Crippen LogP contribution in [-0.2, 0) is 11.2 Å². The Morgan fingerprint density at radius 1 is 1.12 bits per heavy atom. The molecule has 2 aromatic carbocycles. The molecule has 4 rings (SSSR count). The fourth-order valence-electron chi connectivity index (χ4n) is 3.31. The number of amides is 2. The Labute approximate surface area is 192 Å². The number of thiazole rings is 1. The molecule has 33 heavy (non-hydrogen) atoms. The molecule has 170 valence electrons. The fraction of sp³-hybridized carbons (Fsp3) is 0.217. The van der Waals surface area contributed by atoms with Crippen molar-refractivity contribution >= 4 is 39.3 Å². The summed E-state index contributed by atoms with van der Waals surface area (Å²) >= 11 is 1.30. The highest BCUT2D eigenvalue weighted by molar-refractivity contribution is 7.14. The van der Waals surface area contributed by atoms with E-state index in [0.717, 1.165) is 29.7 Å². The molecule has 0 aliphatic rings. The molecule has 0 bridgehead atoms. The van der Waals surface area contributed by atoms with Crippen molar-refractivity contribution in [1.82, 2.24) is 20.3 Å². The molecule has 0 aliphatic heterocycles. The predicted octanol–water partition coefficient (Wildman–Crippen LogP) is 4.95. The number of imidazole rings is 1. The third-order valence-electron chi connectivity index (χ3n) is 4.96. The van der Waals surface area contributed by atoms with Gasteiger partial charge in [-0.1, -0.05) is 24.3 Å². The number of carbonyl (C=O) groups is 2. The van der Waals surface area contributed by atoms with E-state index in [0.29, 0.717) is 28.3 Å². The van der Waals surface area contributed by atoms with E-state index >= 15 is 0 Å². The molecule has 7 nitrogen and oxygen atoms in total. The number of aromatic amines is 1. The second kappa shape index (κ2) is 9.86. The maximum Gasteiger partial charge on any atom is 0.295 e. The largest absolute Gasteiger partial charge is 0.356 e. The highest BCUT2D eigenvalue weighted by Crippen LogP contribution is 2.26. The van der Waals surface area contributed by atoms with Crippen LogP contribution in [0.3, 0.4) is 0 Å². The van der Waals surface area contributed by atoms with Crippen LogP contribution in [-0.4, -0.2) is 33.3 Å². The SMILES string of the molecule is CC(=O)NCCCc1ccc(-c2csc(NC(=O)c3ccc4nc(C(F)F)[nH]c4c3)n2)cc1. The highest BCUT2D eigenvalue weighted by atomic mass is 32.1. The third-order valence-corrected chi connectivity index (χ3v) is 5.72. The van der Waals surface area contributed by atoms with Crippen molar-refractivity contribution in [2.75, 3.05) is 11.9 Å². The lowest BCUT2D eigenvalue weighted by Crippen LogP contribution is -2.21. The number of rotatable bonds is 8. The molecule has 0 aliphatic carbocycles. The average molecular weight is 470 g/mol. The Morgan fingerprint density at radius 2 is 1.91 bits per heavy atom. The van der Waals surface area contributed by atoms with Gasteiger partial charge in [0.25, 0.3) is 12.3 Å². The lowest BCUT2D eigenvalue weighted by molar-refractivity contribution is -0.118. The summed E-state index contributed by atoms with van der Waals surface area (Å²) in [5, 5.41) is 7.82. The van der Waals surface area contributed by atoms with Crippen LogP contribution in [0.1, 0.15) is 41.5 Å². The number of carbonyl (C=O) groups excluding carboxylic acids is 2. The first-order valence-corrected chi connectivity index (χ1v) is 11.2. The maximum atomic E-state index is 12.8. The molecule has 10 heteroatoms. The Bertz CT molecular complexity index is 1280. The lowest BCUT2D eigenvalue weighted by Gasteiger charge is -2.04. The molecule has 0 radical (unpaired) electrons. The molecule has 0 spiro atoms. The number of aromatic nitrogens is 3. The summed E-state index contributed by atoms with van der Waals surface area (Å²) in [4.78, 5) is 34.3. The second-order valence-electron chi connectivity index (χ2n) is 7.43. The third kappa shape index (κ3) is 5.58. The van der Waals surface area contributed by atoms with Gasteiger partial charge in [-0.2, -0.15) is 0 Å². The molecule has 2 amide bonds. The Balaban J connectivity index is 1.38. The van der Waals surface area contributed by atoms with E-state index in [9.17, 15) is 18.4 Å². The normalized spacial score (nSPS) is 11.2. The molecule has 2 aromatic heterocycles. The number of nitrogens with zero attached hydrogens (tertiary/aromatic N) is 2. The van der Waals surface area contributed by atoms with Gasteiger partial charge in [0, 0.05) is 30.0 Å². The van der Waals surface area contributed by atoms with Crippen LogP contribution in [0.15, 0.2) is 47.8 Å². The van der Waals surface area contributed by atoms with Gasteiger partial charge in [-0.05, 0) is 36.6 Å². The zero-order valence-corrected chi connectivity index (χ0v) is 18.5. The zero-order chi connectivity index (χ0) is 23.4. The molecule has 4 aromatic rings. The number of hydrogen-bond donors (Lipinski definition) is 3. The van der Waals surface area contributed by atoms with E-state index in [-0.39, 0.29) is 11.8 Å². The van der Waals surface area contributed by atoms with Crippen molar-refractivity contribution in [2.45, 2.75) is 26.2 Å². The molecule has 0 saturated heterocycles. The van der Waals surface area contributed by atoms with Crippen LogP contribution >= 0.6 is 11.3 Å². The fourth-order valence-corrected chi connectivity index (χ4v) is 4.02. The minimum absolute atomic E-state index is 0.0282. The smallest absolute Gasteiger partial charge is 0.295 e. The first kappa shape index (κ1) is 22.5. The van der Waals surface area contributed by atoms with Crippen molar-refractivity contribution in [3.8, 4) is 11.3 Å². The summed E-state index contributed by atoms with van der Waals surface area (Å²) in [6, 6.07) is 12.5. The van der Waals surface area contributed by atoms with Gasteiger partial charge in [-0.15, -0.1) is 11.3 Å². The lowest BCUT2D eigenvalue weighted by atomic mass is 10.1. The molecule has 2 heterocycles. The first-order chi connectivity index (χ1) is 15.9. The Morgan fingerprint density at radius 3 is 2.64 bits per heavy atom. The Hall–Kier alpha value is -3.66. The van der Waals surface area contributed by atoms with Gasteiger partial charge >= 0.3 is 0 Å². The van der Waals surface area contributed by atoms with Crippen molar-refractivity contribution in [2.24, 2.45) is 0 Å². The number of halogens is 2. The predicted molar refractivity (Wildman–Crippen MR) is 124 cm³/mol. The van der Waals surface area contributed by atoms with Crippen LogP contribution in [0.5, 0.6) is 0 Å². The van der Waals surface area contributed by atoms with Crippen molar-refractivity contribution in [1.29, 1.82) is 0 Å². The number of anilines is 1. The average Bonchev–Trinajstić information content (AvgIpc) is 3.43. The molecule has 0 atom stereocenters. The number of H-pyrrole nitrogens is 1. The second-order valence-corrected chi connectivity index (χ2v) is 8.29. The van der Waals surface area contributed by atoms with Gasteiger partial charge in [-0.25, -0.2) is 18.7 Å². The molecule has 0 saturated carbocycles. The molecule has 0 unspecified atom stereocenters. The summed E-state index contributed by atoms with van der Waals surface area (Å²) in [5.74, 6) is -0.842. The maximum absolute atomic E-state index is 12.8. The van der Waals surface area contributed by atoms with Gasteiger partial charge < -0.3 is 10.3 Å². The van der Waals surface area contributed by atoms with E-state index in [2.05, 4.69) is 25.6 Å². The number of hydrogen-bond acceptors (Lipinski definition) is 5. The summed E-state index contributed by atoms with van der Waals surface area (Å²) in [6.07, 6.45) is -0.987. The topological polar surface area (TPSA) is 99.8 Å². The summed E-state index contributed by atoms with van der Waals surface area (Å²) < 4.78 is 25.6. The van der Waals surface area contributed by atoms with E-state index in [1.54, 1.807) is 0 Å². The van der Waals surface area contributed by atoms with Gasteiger partial charge in [0.2, 0.25) is 5.91 Å². The number of nitrogens with one attached hydrogen (secondary N) is 3. The van der Waals surface area contributed by atoms with Gasteiger partial charge in [0.15, 0.2) is 11.0 Å². The number of benzene rings is 2. The number of aryl methyl sites for hydroxylation is 1. The van der Waals surface area contributed by atoms with Crippen LogP contribution in [0.4, 0.5) is 13.9 Å². The summed E-state index contributed by atoms with van der Waals surface area (Å²) in [7, 11) is 0. The summed E-state index contributed by atoms with van der Waals surface area (Å²) in [5.41, 5.74) is 3.89. The van der Waals surface area contributed by atoms with Crippen LogP contribution in [0.25, 0.3) is 22.3 Å². The van der Waals surface area contributed by atoms with E-state index < -0.39 is 12.2 Å². The Kier molecular flexibility index (Phi) is 6.74. The summed E-state index contributed by atoms with van der Waals surface area (Å²) in [6.45, 7) is 2.15. The van der Waals surface area contributed by atoms with Crippen LogP contribution < -0.4 is 10.6 Å². The number of alkyl halides is 2. The minimum atomic E-state index is -2.71. The van der Waals surface area contributed by atoms with Crippen molar-refractivity contribution in [3.63, 3.8) is 0 Å². The molecule has 3 N–H and O–H groups in total. The monoisotopic (exact) mass is 469 g/mol. The van der Waals surface area contributed by atoms with Crippen molar-refractivity contribution < 1.29 is 18.4 Å². The first-order valence-electron chi connectivity index (χ1n) is 10.3. The zero-order valence-electron chi connectivity index (χ0n) is 17.7.